The lowest BCUT2D eigenvalue weighted by molar-refractivity contribution is 0.174. The van der Waals surface area contributed by atoms with E-state index in [1.54, 1.807) is 6.20 Å². The molecule has 0 spiro atoms. The summed E-state index contributed by atoms with van der Waals surface area (Å²) in [5, 5.41) is 2.54. The fourth-order valence-corrected chi connectivity index (χ4v) is 5.17. The Hall–Kier alpha value is -4.64. The molecule has 7 rings (SSSR count). The Balaban J connectivity index is 0.000000170. The number of H-pyrrole nitrogens is 1. The van der Waals surface area contributed by atoms with Crippen LogP contribution in [0.3, 0.4) is 0 Å². The van der Waals surface area contributed by atoms with Crippen LogP contribution in [0.5, 0.6) is 11.5 Å². The van der Waals surface area contributed by atoms with Crippen molar-refractivity contribution in [2.45, 2.75) is 86.5 Å². The highest BCUT2D eigenvalue weighted by Crippen LogP contribution is 2.34. The van der Waals surface area contributed by atoms with Crippen LogP contribution in [0.1, 0.15) is 109 Å². The number of rotatable bonds is 4. The van der Waals surface area contributed by atoms with Gasteiger partial charge < -0.3 is 14.5 Å². The van der Waals surface area contributed by atoms with E-state index in [4.69, 9.17) is 9.47 Å². The number of hydrogen-bond acceptors (Lipinski definition) is 4. The number of nitrogens with zero attached hydrogens (tertiary/aromatic N) is 2. The lowest BCUT2D eigenvalue weighted by Gasteiger charge is -2.07. The van der Waals surface area contributed by atoms with Crippen LogP contribution < -0.4 is 9.47 Å². The molecule has 6 aromatic rings. The van der Waals surface area contributed by atoms with Crippen LogP contribution in [0.4, 0.5) is 0 Å². The molecular formula is C42H53N3O2. The summed E-state index contributed by atoms with van der Waals surface area (Å²) in [6, 6.07) is 29.2. The molecule has 47 heavy (non-hydrogen) atoms. The van der Waals surface area contributed by atoms with E-state index in [-0.39, 0.29) is 7.43 Å². The largest absolute Gasteiger partial charge is 0.454 e. The molecule has 0 atom stereocenters. The average molecular weight is 632 g/mol. The summed E-state index contributed by atoms with van der Waals surface area (Å²) in [4.78, 5) is 11.7. The van der Waals surface area contributed by atoms with Gasteiger partial charge in [0, 0.05) is 35.7 Å². The van der Waals surface area contributed by atoms with Gasteiger partial charge in [-0.1, -0.05) is 117 Å². The van der Waals surface area contributed by atoms with Gasteiger partial charge in [0.15, 0.2) is 11.5 Å². The number of pyridine rings is 2. The molecule has 5 heteroatoms. The lowest BCUT2D eigenvalue weighted by atomic mass is 10.00. The first-order chi connectivity index (χ1) is 22.2. The molecule has 0 saturated heterocycles. The first-order valence-electron chi connectivity index (χ1n) is 16.3. The lowest BCUT2D eigenvalue weighted by Crippen LogP contribution is -1.93. The second-order valence-electron chi connectivity index (χ2n) is 12.7. The Morgan fingerprint density at radius 1 is 0.596 bits per heavy atom. The number of aromatic nitrogens is 3. The van der Waals surface area contributed by atoms with Gasteiger partial charge in [-0.2, -0.15) is 0 Å². The topological polar surface area (TPSA) is 60.0 Å². The Bertz CT molecular complexity index is 1780. The summed E-state index contributed by atoms with van der Waals surface area (Å²) >= 11 is 0. The van der Waals surface area contributed by atoms with Gasteiger partial charge >= 0.3 is 0 Å². The van der Waals surface area contributed by atoms with Crippen LogP contribution in [-0.2, 0) is 0 Å². The van der Waals surface area contributed by atoms with Crippen LogP contribution in [0.2, 0.25) is 0 Å². The Kier molecular flexibility index (Phi) is 14.0. The van der Waals surface area contributed by atoms with Crippen LogP contribution in [0.15, 0.2) is 110 Å². The van der Waals surface area contributed by atoms with Crippen molar-refractivity contribution in [3.05, 3.63) is 132 Å². The predicted molar refractivity (Wildman–Crippen MR) is 200 cm³/mol. The monoisotopic (exact) mass is 631 g/mol. The van der Waals surface area contributed by atoms with Crippen molar-refractivity contribution in [3.8, 4) is 11.5 Å². The molecule has 0 unspecified atom stereocenters. The van der Waals surface area contributed by atoms with Crippen LogP contribution >= 0.6 is 0 Å². The average Bonchev–Trinajstić information content (AvgIpc) is 3.75. The second-order valence-corrected chi connectivity index (χ2v) is 12.7. The zero-order chi connectivity index (χ0) is 33.1. The minimum atomic E-state index is 0. The van der Waals surface area contributed by atoms with E-state index in [2.05, 4.69) is 131 Å². The Morgan fingerprint density at radius 3 is 1.87 bits per heavy atom. The highest BCUT2D eigenvalue weighted by atomic mass is 16.7. The summed E-state index contributed by atoms with van der Waals surface area (Å²) in [6.45, 7) is 17.8. The van der Waals surface area contributed by atoms with E-state index in [1.807, 2.05) is 42.9 Å². The van der Waals surface area contributed by atoms with Crippen molar-refractivity contribution in [2.24, 2.45) is 0 Å². The zero-order valence-corrected chi connectivity index (χ0v) is 28.6. The van der Waals surface area contributed by atoms with Crippen molar-refractivity contribution in [1.29, 1.82) is 0 Å². The van der Waals surface area contributed by atoms with Crippen molar-refractivity contribution >= 4 is 21.8 Å². The van der Waals surface area contributed by atoms with E-state index in [0.717, 1.165) is 17.0 Å². The molecule has 0 fully saturated rings. The normalized spacial score (nSPS) is 11.4. The number of benzene rings is 3. The molecule has 0 radical (unpaired) electrons. The minimum Gasteiger partial charge on any atom is -0.454 e. The number of fused-ring (bicyclic) bond motifs is 3. The number of hydrogen-bond donors (Lipinski definition) is 1. The summed E-state index contributed by atoms with van der Waals surface area (Å²) in [6.07, 6.45) is 7.56. The van der Waals surface area contributed by atoms with Crippen LogP contribution in [0, 0.1) is 0 Å². The maximum absolute atomic E-state index is 5.27. The van der Waals surface area contributed by atoms with Gasteiger partial charge in [0.2, 0.25) is 6.79 Å². The van der Waals surface area contributed by atoms with E-state index >= 15 is 0 Å². The van der Waals surface area contributed by atoms with Gasteiger partial charge in [-0.15, -0.1) is 0 Å². The molecule has 0 amide bonds. The van der Waals surface area contributed by atoms with Gasteiger partial charge in [0.1, 0.15) is 0 Å². The quantitative estimate of drug-likeness (QED) is 0.210. The standard InChI is InChI=1S/C12H13N.C11H13N.C10H12O2.C8H11N.CH4/c1-9(2)11-7-3-5-10-6-4-8-13-12(10)11;1-8(2)10-5-3-4-9-6-7-12-11(9)10;1-7(2)8-3-4-9-10(5-8)12-6-11-9;1-7(2)8-4-3-5-9-6-8;/h3-9H,1-2H3;3-8,12H,1-2H3;3-5,7H,6H2,1-2H3;3-7H,1-2H3;1H4. The zero-order valence-electron chi connectivity index (χ0n) is 28.6. The molecule has 0 bridgehead atoms. The summed E-state index contributed by atoms with van der Waals surface area (Å²) in [7, 11) is 0. The highest BCUT2D eigenvalue weighted by Gasteiger charge is 2.13. The van der Waals surface area contributed by atoms with E-state index in [9.17, 15) is 0 Å². The molecule has 1 aliphatic heterocycles. The van der Waals surface area contributed by atoms with E-state index in [1.165, 1.54) is 38.5 Å². The van der Waals surface area contributed by atoms with Gasteiger partial charge in [0.25, 0.3) is 0 Å². The first-order valence-corrected chi connectivity index (χ1v) is 16.3. The third-order valence-electron chi connectivity index (χ3n) is 7.94. The van der Waals surface area contributed by atoms with E-state index in [0.29, 0.717) is 30.5 Å². The number of ether oxygens (including phenoxy) is 2. The van der Waals surface area contributed by atoms with Gasteiger partial charge in [-0.3, -0.25) is 9.97 Å². The maximum atomic E-state index is 5.27. The van der Waals surface area contributed by atoms with Crippen molar-refractivity contribution in [2.75, 3.05) is 6.79 Å². The minimum absolute atomic E-state index is 0. The maximum Gasteiger partial charge on any atom is 0.231 e. The van der Waals surface area contributed by atoms with Crippen molar-refractivity contribution in [1.82, 2.24) is 15.0 Å². The van der Waals surface area contributed by atoms with Crippen LogP contribution in [0.25, 0.3) is 21.8 Å². The molecule has 1 aliphatic rings. The van der Waals surface area contributed by atoms with Gasteiger partial charge in [0.05, 0.1) is 5.52 Å². The molecule has 1 N–H and O–H groups in total. The molecule has 0 aliphatic carbocycles. The molecule has 3 aromatic heterocycles. The summed E-state index contributed by atoms with van der Waals surface area (Å²) < 4.78 is 10.5. The third kappa shape index (κ3) is 10.2. The molecule has 3 aromatic carbocycles. The molecule has 0 saturated carbocycles. The first kappa shape index (κ1) is 36.8. The second kappa shape index (κ2) is 17.9. The molecule has 248 valence electrons. The predicted octanol–water partition coefficient (Wildman–Crippen LogP) is 12.0. The highest BCUT2D eigenvalue weighted by molar-refractivity contribution is 5.83. The molecule has 5 nitrogen and oxygen atoms in total. The summed E-state index contributed by atoms with van der Waals surface area (Å²) in [5.74, 6) is 4.00. The number of nitrogens with one attached hydrogen (secondary N) is 1. The fraction of sp³-hybridized carbons (Fsp3) is 0.333. The fourth-order valence-electron chi connectivity index (χ4n) is 5.17. The molecular weight excluding hydrogens is 578 g/mol. The van der Waals surface area contributed by atoms with Gasteiger partial charge in [-0.05, 0) is 81.6 Å². The van der Waals surface area contributed by atoms with Crippen molar-refractivity contribution < 1.29 is 9.47 Å². The van der Waals surface area contributed by atoms with Gasteiger partial charge in [-0.25, -0.2) is 0 Å². The van der Waals surface area contributed by atoms with Crippen LogP contribution in [-0.4, -0.2) is 21.7 Å². The van der Waals surface area contributed by atoms with E-state index < -0.39 is 0 Å². The third-order valence-corrected chi connectivity index (χ3v) is 7.94. The Labute approximate surface area is 282 Å². The Morgan fingerprint density at radius 2 is 1.23 bits per heavy atom. The smallest absolute Gasteiger partial charge is 0.231 e. The van der Waals surface area contributed by atoms with Crippen molar-refractivity contribution in [3.63, 3.8) is 0 Å². The number of para-hydroxylation sites is 2. The SMILES string of the molecule is C.CC(C)c1ccc2c(c1)OCO2.CC(C)c1cccc2cc[nH]c12.CC(C)c1cccc2cccnc12.CC(C)c1cccnc1. The number of aromatic amines is 1. The summed E-state index contributed by atoms with van der Waals surface area (Å²) in [5.41, 5.74) is 7.75. The molecule has 4 heterocycles.